The lowest BCUT2D eigenvalue weighted by Crippen LogP contribution is -2.34. The Bertz CT molecular complexity index is 935. The lowest BCUT2D eigenvalue weighted by atomic mass is 10.2. The Balaban J connectivity index is 1.98. The summed E-state index contributed by atoms with van der Waals surface area (Å²) in [7, 11) is -7.85. The zero-order valence-corrected chi connectivity index (χ0v) is 15.3. The van der Waals surface area contributed by atoms with Crippen LogP contribution >= 0.6 is 0 Å². The number of hydrogen-bond acceptors (Lipinski definition) is 7. The van der Waals surface area contributed by atoms with Crippen molar-refractivity contribution in [3.05, 3.63) is 42.0 Å². The topological polar surface area (TPSA) is 153 Å². The Morgan fingerprint density at radius 3 is 1.65 bits per heavy atom. The average molecular weight is 402 g/mol. The molecule has 0 saturated carbocycles. The predicted molar refractivity (Wildman–Crippen MR) is 93.0 cm³/mol. The summed E-state index contributed by atoms with van der Waals surface area (Å²) in [5.74, 6) is -1.08. The third kappa shape index (κ3) is 4.64. The average Bonchev–Trinajstić information content (AvgIpc) is 2.56. The lowest BCUT2D eigenvalue weighted by molar-refractivity contribution is 0.402. The SMILES string of the molecule is Cc1cc(S(=O)(=O)NCCNS(=O)(=O)c2ccc(O)c(O)c2)ccc1O. The van der Waals surface area contributed by atoms with E-state index in [0.29, 0.717) is 5.56 Å². The van der Waals surface area contributed by atoms with Gasteiger partial charge in [0.15, 0.2) is 11.5 Å². The molecule has 0 unspecified atom stereocenters. The minimum absolute atomic E-state index is 0.0335. The van der Waals surface area contributed by atoms with E-state index in [1.54, 1.807) is 6.92 Å². The Morgan fingerprint density at radius 2 is 1.19 bits per heavy atom. The van der Waals surface area contributed by atoms with Crippen molar-refractivity contribution < 1.29 is 32.2 Å². The zero-order chi connectivity index (χ0) is 19.5. The molecule has 0 aliphatic carbocycles. The normalized spacial score (nSPS) is 12.2. The summed E-state index contributed by atoms with van der Waals surface area (Å²) in [4.78, 5) is -0.330. The Kier molecular flexibility index (Phi) is 5.76. The predicted octanol–water partition coefficient (Wildman–Crippen LogP) is 0.369. The van der Waals surface area contributed by atoms with Crippen molar-refractivity contribution >= 4 is 20.0 Å². The Labute approximate surface area is 151 Å². The van der Waals surface area contributed by atoms with Crippen molar-refractivity contribution in [3.63, 3.8) is 0 Å². The number of aromatic hydroxyl groups is 3. The fraction of sp³-hybridized carbons (Fsp3) is 0.200. The molecule has 0 fully saturated rings. The molecular weight excluding hydrogens is 384 g/mol. The molecule has 11 heteroatoms. The van der Waals surface area contributed by atoms with Gasteiger partial charge in [-0.15, -0.1) is 0 Å². The molecule has 0 amide bonds. The number of sulfonamides is 2. The van der Waals surface area contributed by atoms with Crippen molar-refractivity contribution in [3.8, 4) is 17.2 Å². The molecule has 0 aromatic heterocycles. The minimum atomic E-state index is -3.98. The number of rotatable bonds is 7. The summed E-state index contributed by atoms with van der Waals surface area (Å²) >= 11 is 0. The van der Waals surface area contributed by atoms with Crippen LogP contribution in [0.25, 0.3) is 0 Å². The molecule has 0 saturated heterocycles. The number of benzene rings is 2. The Hall–Kier alpha value is -2.34. The van der Waals surface area contributed by atoms with Gasteiger partial charge < -0.3 is 15.3 Å². The molecule has 9 nitrogen and oxygen atoms in total. The highest BCUT2D eigenvalue weighted by molar-refractivity contribution is 7.89. The summed E-state index contributed by atoms with van der Waals surface area (Å²) in [5.41, 5.74) is 0.390. The number of phenols is 3. The molecule has 0 spiro atoms. The molecule has 2 aromatic carbocycles. The zero-order valence-electron chi connectivity index (χ0n) is 13.7. The minimum Gasteiger partial charge on any atom is -0.508 e. The molecule has 26 heavy (non-hydrogen) atoms. The number of phenolic OH excluding ortho intramolecular Hbond substituents is 3. The molecule has 0 atom stereocenters. The van der Waals surface area contributed by atoms with Gasteiger partial charge >= 0.3 is 0 Å². The Morgan fingerprint density at radius 1 is 0.731 bits per heavy atom. The van der Waals surface area contributed by atoms with Gasteiger partial charge in [0.25, 0.3) is 0 Å². The summed E-state index contributed by atoms with van der Waals surface area (Å²) < 4.78 is 52.8. The van der Waals surface area contributed by atoms with Crippen LogP contribution in [0.5, 0.6) is 17.2 Å². The lowest BCUT2D eigenvalue weighted by Gasteiger charge is -2.10. The molecule has 0 aliphatic heterocycles. The van der Waals surface area contributed by atoms with Crippen LogP contribution in [-0.2, 0) is 20.0 Å². The standard InChI is InChI=1S/C15H18N2O7S2/c1-10-8-11(2-4-13(10)18)25(21,22)16-6-7-17-26(23,24)12-3-5-14(19)15(20)9-12/h2-5,8-9,16-20H,6-7H2,1H3. The molecule has 142 valence electrons. The van der Waals surface area contributed by atoms with Gasteiger partial charge in [-0.05, 0) is 42.8 Å². The molecule has 5 N–H and O–H groups in total. The third-order valence-corrected chi connectivity index (χ3v) is 6.36. The second kappa shape index (κ2) is 7.50. The highest BCUT2D eigenvalue weighted by Gasteiger charge is 2.17. The van der Waals surface area contributed by atoms with Gasteiger partial charge in [0.1, 0.15) is 5.75 Å². The summed E-state index contributed by atoms with van der Waals surface area (Å²) in [6, 6.07) is 6.78. The van der Waals surface area contributed by atoms with Gasteiger partial charge in [0, 0.05) is 19.2 Å². The highest BCUT2D eigenvalue weighted by Crippen LogP contribution is 2.26. The first-order valence-electron chi connectivity index (χ1n) is 7.34. The van der Waals surface area contributed by atoms with E-state index in [4.69, 9.17) is 0 Å². The van der Waals surface area contributed by atoms with Gasteiger partial charge in [0.05, 0.1) is 9.79 Å². The van der Waals surface area contributed by atoms with E-state index in [1.165, 1.54) is 18.2 Å². The largest absolute Gasteiger partial charge is 0.508 e. The first kappa shape index (κ1) is 20.0. The second-order valence-electron chi connectivity index (χ2n) is 5.39. The number of aryl methyl sites for hydroxylation is 1. The van der Waals surface area contributed by atoms with Crippen molar-refractivity contribution in [1.29, 1.82) is 0 Å². The maximum absolute atomic E-state index is 12.1. The molecule has 0 aliphatic rings. The van der Waals surface area contributed by atoms with Crippen LogP contribution in [0.15, 0.2) is 46.2 Å². The fourth-order valence-corrected chi connectivity index (χ4v) is 4.17. The number of hydrogen-bond donors (Lipinski definition) is 5. The van der Waals surface area contributed by atoms with Gasteiger partial charge in [-0.1, -0.05) is 0 Å². The number of nitrogens with one attached hydrogen (secondary N) is 2. The summed E-state index contributed by atoms with van der Waals surface area (Å²) in [5, 5.41) is 28.0. The smallest absolute Gasteiger partial charge is 0.240 e. The maximum Gasteiger partial charge on any atom is 0.240 e. The molecule has 0 radical (unpaired) electrons. The van der Waals surface area contributed by atoms with Crippen molar-refractivity contribution in [2.75, 3.05) is 13.1 Å². The van der Waals surface area contributed by atoms with Crippen LogP contribution in [0.4, 0.5) is 0 Å². The van der Waals surface area contributed by atoms with Gasteiger partial charge in [-0.25, -0.2) is 26.3 Å². The van der Waals surface area contributed by atoms with Crippen LogP contribution in [0.3, 0.4) is 0 Å². The van der Waals surface area contributed by atoms with Crippen molar-refractivity contribution in [1.82, 2.24) is 9.44 Å². The van der Waals surface area contributed by atoms with Crippen molar-refractivity contribution in [2.24, 2.45) is 0 Å². The van der Waals surface area contributed by atoms with E-state index < -0.39 is 31.5 Å². The first-order valence-corrected chi connectivity index (χ1v) is 10.3. The fourth-order valence-electron chi connectivity index (χ4n) is 2.00. The highest BCUT2D eigenvalue weighted by atomic mass is 32.2. The van der Waals surface area contributed by atoms with Crippen LogP contribution in [0.1, 0.15) is 5.56 Å². The third-order valence-electron chi connectivity index (χ3n) is 3.44. The van der Waals surface area contributed by atoms with E-state index in [-0.39, 0.29) is 28.6 Å². The maximum atomic E-state index is 12.1. The van der Waals surface area contributed by atoms with E-state index in [2.05, 4.69) is 9.44 Å². The van der Waals surface area contributed by atoms with E-state index in [1.807, 2.05) is 0 Å². The first-order chi connectivity index (χ1) is 12.0. The summed E-state index contributed by atoms with van der Waals surface area (Å²) in [6.45, 7) is 1.10. The van der Waals surface area contributed by atoms with Crippen molar-refractivity contribution in [2.45, 2.75) is 16.7 Å². The van der Waals surface area contributed by atoms with E-state index in [0.717, 1.165) is 18.2 Å². The molecule has 0 bridgehead atoms. The van der Waals surface area contributed by atoms with Gasteiger partial charge in [-0.2, -0.15) is 0 Å². The molecular formula is C15H18N2O7S2. The molecule has 2 aromatic rings. The molecule has 0 heterocycles. The summed E-state index contributed by atoms with van der Waals surface area (Å²) in [6.07, 6.45) is 0. The van der Waals surface area contributed by atoms with Crippen LogP contribution < -0.4 is 9.44 Å². The van der Waals surface area contributed by atoms with Crippen LogP contribution in [0.2, 0.25) is 0 Å². The van der Waals surface area contributed by atoms with Crippen LogP contribution in [-0.4, -0.2) is 45.2 Å². The monoisotopic (exact) mass is 402 g/mol. The van der Waals surface area contributed by atoms with E-state index >= 15 is 0 Å². The van der Waals surface area contributed by atoms with Gasteiger partial charge in [0.2, 0.25) is 20.0 Å². The second-order valence-corrected chi connectivity index (χ2v) is 8.93. The van der Waals surface area contributed by atoms with Crippen LogP contribution in [0, 0.1) is 6.92 Å². The van der Waals surface area contributed by atoms with E-state index in [9.17, 15) is 32.2 Å². The van der Waals surface area contributed by atoms with Gasteiger partial charge in [-0.3, -0.25) is 0 Å². The molecule has 2 rings (SSSR count). The quantitative estimate of drug-likeness (QED) is 0.331.